The summed E-state index contributed by atoms with van der Waals surface area (Å²) >= 11 is 7.23. The average Bonchev–Trinajstić information content (AvgIpc) is 3.44. The number of nitrogen functional groups attached to an aromatic ring is 1. The van der Waals surface area contributed by atoms with E-state index >= 15 is 0 Å². The third-order valence-electron chi connectivity index (χ3n) is 7.32. The predicted molar refractivity (Wildman–Crippen MR) is 175 cm³/mol. The van der Waals surface area contributed by atoms with Crippen LogP contribution in [0.5, 0.6) is 5.75 Å². The number of aliphatic hydroxyl groups excluding tert-OH is 1. The highest BCUT2D eigenvalue weighted by molar-refractivity contribution is 7.99. The standard InChI is InChI=1S/C30H35N5O5S3/c31-27-26(23-7-4-8-32-30(23)41)25(40-12-11-36)16-21-15-24(34-28(21)27)29(37)33-17-22(42-19-20-5-2-1-3-6-20)18-35-9-13-43(38,39)14-10-35/h1-8,15-16,22,34,36H,9-14,17-19,31H2,(H,32,41)(H,33,37). The van der Waals surface area contributed by atoms with E-state index in [2.05, 4.69) is 32.3 Å². The molecule has 1 saturated heterocycles. The number of pyridine rings is 1. The highest BCUT2D eigenvalue weighted by Gasteiger charge is 2.25. The van der Waals surface area contributed by atoms with E-state index in [1.807, 2.05) is 30.3 Å². The Hall–Kier alpha value is -3.36. The molecule has 1 atom stereocenters. The first kappa shape index (κ1) is 31.1. The number of ether oxygens (including phenoxy) is 1. The van der Waals surface area contributed by atoms with Gasteiger partial charge in [-0.1, -0.05) is 42.5 Å². The number of aromatic nitrogens is 2. The van der Waals surface area contributed by atoms with Gasteiger partial charge in [-0.25, -0.2) is 8.42 Å². The van der Waals surface area contributed by atoms with Crippen molar-refractivity contribution in [3.8, 4) is 16.9 Å². The second-order valence-corrected chi connectivity index (χ2v) is 14.4. The van der Waals surface area contributed by atoms with Gasteiger partial charge in [0.1, 0.15) is 22.7 Å². The summed E-state index contributed by atoms with van der Waals surface area (Å²) in [5, 5.41) is 13.2. The molecule has 1 unspecified atom stereocenters. The van der Waals surface area contributed by atoms with Gasteiger partial charge in [0.2, 0.25) is 0 Å². The minimum Gasteiger partial charge on any atom is -0.490 e. The van der Waals surface area contributed by atoms with E-state index in [9.17, 15) is 18.3 Å². The van der Waals surface area contributed by atoms with Crippen molar-refractivity contribution in [1.82, 2.24) is 20.2 Å². The van der Waals surface area contributed by atoms with Crippen LogP contribution < -0.4 is 15.8 Å². The van der Waals surface area contributed by atoms with Crippen molar-refractivity contribution in [3.05, 3.63) is 76.7 Å². The Labute approximate surface area is 259 Å². The number of aliphatic hydroxyl groups is 1. The molecule has 228 valence electrons. The first-order valence-corrected chi connectivity index (χ1v) is 17.3. The molecular formula is C30H35N5O5S3. The number of amides is 1. The number of nitrogens with one attached hydrogen (secondary N) is 3. The van der Waals surface area contributed by atoms with E-state index in [-0.39, 0.29) is 35.9 Å². The van der Waals surface area contributed by atoms with Gasteiger partial charge in [-0.2, -0.15) is 11.8 Å². The number of nitrogens with two attached hydrogens (primary N) is 1. The molecule has 5 rings (SSSR count). The van der Waals surface area contributed by atoms with Gasteiger partial charge in [-0.05, 0) is 29.8 Å². The van der Waals surface area contributed by atoms with Crippen molar-refractivity contribution in [2.24, 2.45) is 0 Å². The number of hydrogen-bond acceptors (Lipinski definition) is 9. The summed E-state index contributed by atoms with van der Waals surface area (Å²) in [6.07, 6.45) is 1.73. The van der Waals surface area contributed by atoms with Crippen LogP contribution in [0.1, 0.15) is 16.1 Å². The summed E-state index contributed by atoms with van der Waals surface area (Å²) in [5.41, 5.74) is 10.4. The lowest BCUT2D eigenvalue weighted by atomic mass is 10.0. The van der Waals surface area contributed by atoms with Gasteiger partial charge in [0, 0.05) is 54.3 Å². The summed E-state index contributed by atoms with van der Waals surface area (Å²) in [6, 6.07) is 17.3. The topological polar surface area (TPSA) is 154 Å². The van der Waals surface area contributed by atoms with E-state index in [1.165, 1.54) is 5.56 Å². The van der Waals surface area contributed by atoms with Crippen molar-refractivity contribution in [2.75, 3.05) is 56.6 Å². The van der Waals surface area contributed by atoms with Gasteiger partial charge in [-0.3, -0.25) is 4.79 Å². The maximum Gasteiger partial charge on any atom is 0.267 e. The quantitative estimate of drug-likeness (QED) is 0.115. The number of anilines is 1. The summed E-state index contributed by atoms with van der Waals surface area (Å²) in [4.78, 5) is 21.7. The molecule has 13 heteroatoms. The molecule has 1 aliphatic heterocycles. The number of sulfone groups is 1. The lowest BCUT2D eigenvalue weighted by molar-refractivity contribution is 0.0948. The van der Waals surface area contributed by atoms with E-state index in [1.54, 1.807) is 30.1 Å². The molecule has 1 aliphatic rings. The fourth-order valence-electron chi connectivity index (χ4n) is 5.05. The van der Waals surface area contributed by atoms with Gasteiger partial charge in [0.25, 0.3) is 5.91 Å². The number of benzene rings is 2. The SMILES string of the molecule is Nc1c(-c2ccc[nH]c2=S)c(OCCO)cc2cc(C(=O)NCC(CN3CCS(=O)(=O)CC3)SCc3ccccc3)[nH]c12. The van der Waals surface area contributed by atoms with Crippen molar-refractivity contribution in [3.63, 3.8) is 0 Å². The molecule has 4 aromatic rings. The molecule has 0 radical (unpaired) electrons. The maximum atomic E-state index is 13.4. The highest BCUT2D eigenvalue weighted by atomic mass is 32.2. The van der Waals surface area contributed by atoms with Gasteiger partial charge in [0.15, 0.2) is 9.84 Å². The van der Waals surface area contributed by atoms with Crippen LogP contribution in [0.4, 0.5) is 5.69 Å². The Morgan fingerprint density at radius 2 is 1.93 bits per heavy atom. The molecule has 2 aromatic carbocycles. The van der Waals surface area contributed by atoms with Crippen LogP contribution in [0.3, 0.4) is 0 Å². The second kappa shape index (κ2) is 14.0. The maximum absolute atomic E-state index is 13.4. The number of H-pyrrole nitrogens is 2. The van der Waals surface area contributed by atoms with Crippen LogP contribution in [0.25, 0.3) is 22.0 Å². The number of hydrogen-bond donors (Lipinski definition) is 5. The highest BCUT2D eigenvalue weighted by Crippen LogP contribution is 2.41. The summed E-state index contributed by atoms with van der Waals surface area (Å²) in [5.74, 6) is 1.27. The van der Waals surface area contributed by atoms with E-state index in [4.69, 9.17) is 22.7 Å². The molecule has 3 heterocycles. The lowest BCUT2D eigenvalue weighted by Crippen LogP contribution is -2.45. The zero-order chi connectivity index (χ0) is 30.4. The molecule has 1 fully saturated rings. The Bertz CT molecular complexity index is 1730. The molecule has 43 heavy (non-hydrogen) atoms. The van der Waals surface area contributed by atoms with E-state index < -0.39 is 9.84 Å². The zero-order valence-electron chi connectivity index (χ0n) is 23.5. The largest absolute Gasteiger partial charge is 0.490 e. The smallest absolute Gasteiger partial charge is 0.267 e. The third kappa shape index (κ3) is 7.78. The molecule has 6 N–H and O–H groups in total. The number of carbonyl (C=O) groups is 1. The van der Waals surface area contributed by atoms with Crippen molar-refractivity contribution < 1.29 is 23.1 Å². The number of aromatic amines is 2. The van der Waals surface area contributed by atoms with Gasteiger partial charge in [0.05, 0.1) is 34.9 Å². The van der Waals surface area contributed by atoms with Crippen LogP contribution in [0, 0.1) is 4.64 Å². The molecule has 0 saturated carbocycles. The minimum atomic E-state index is -2.98. The molecule has 2 aromatic heterocycles. The first-order valence-electron chi connectivity index (χ1n) is 14.0. The van der Waals surface area contributed by atoms with Crippen molar-refractivity contribution in [1.29, 1.82) is 0 Å². The number of carbonyl (C=O) groups excluding carboxylic acids is 1. The van der Waals surface area contributed by atoms with Crippen LogP contribution in [0.2, 0.25) is 0 Å². The normalized spacial score (nSPS) is 15.7. The third-order valence-corrected chi connectivity index (χ3v) is 10.6. The lowest BCUT2D eigenvalue weighted by Gasteiger charge is -2.30. The minimum absolute atomic E-state index is 0.0456. The number of rotatable bonds is 12. The van der Waals surface area contributed by atoms with Gasteiger partial charge < -0.3 is 35.8 Å². The number of thioether (sulfide) groups is 1. The van der Waals surface area contributed by atoms with Crippen LogP contribution in [0.15, 0.2) is 60.8 Å². The monoisotopic (exact) mass is 641 g/mol. The molecule has 1 amide bonds. The molecule has 0 spiro atoms. The first-order chi connectivity index (χ1) is 20.7. The summed E-state index contributed by atoms with van der Waals surface area (Å²) in [6.45, 7) is 1.96. The van der Waals surface area contributed by atoms with Gasteiger partial charge in [-0.15, -0.1) is 0 Å². The molecule has 10 nitrogen and oxygen atoms in total. The summed E-state index contributed by atoms with van der Waals surface area (Å²) < 4.78 is 30.2. The van der Waals surface area contributed by atoms with Crippen molar-refractivity contribution >= 4 is 56.3 Å². The Balaban J connectivity index is 1.35. The fourth-order valence-corrected chi connectivity index (χ4v) is 7.71. The number of nitrogens with zero attached hydrogens (tertiary/aromatic N) is 1. The van der Waals surface area contributed by atoms with E-state index in [0.717, 1.165) is 5.75 Å². The predicted octanol–water partition coefficient (Wildman–Crippen LogP) is 3.61. The average molecular weight is 642 g/mol. The molecule has 0 bridgehead atoms. The summed E-state index contributed by atoms with van der Waals surface area (Å²) in [7, 11) is -2.98. The number of fused-ring (bicyclic) bond motifs is 1. The van der Waals surface area contributed by atoms with Gasteiger partial charge >= 0.3 is 0 Å². The Morgan fingerprint density at radius 1 is 1.16 bits per heavy atom. The zero-order valence-corrected chi connectivity index (χ0v) is 26.0. The van der Waals surface area contributed by atoms with Crippen LogP contribution in [-0.2, 0) is 15.6 Å². The Kier molecular flexibility index (Phi) is 10.1. The molecular weight excluding hydrogens is 607 g/mol. The van der Waals surface area contributed by atoms with Crippen molar-refractivity contribution in [2.45, 2.75) is 11.0 Å². The van der Waals surface area contributed by atoms with Crippen LogP contribution >= 0.6 is 24.0 Å². The van der Waals surface area contributed by atoms with E-state index in [0.29, 0.717) is 70.0 Å². The van der Waals surface area contributed by atoms with Crippen LogP contribution in [-0.4, -0.2) is 90.4 Å². The second-order valence-electron chi connectivity index (χ2n) is 10.4. The molecule has 0 aliphatic carbocycles. The Morgan fingerprint density at radius 3 is 2.65 bits per heavy atom. The fraction of sp³-hybridized carbons (Fsp3) is 0.333.